The van der Waals surface area contributed by atoms with Gasteiger partial charge in [-0.3, -0.25) is 0 Å². The molecule has 0 N–H and O–H groups in total. The number of pyridine rings is 1. The number of hydrogen-bond donors (Lipinski definition) is 0. The molecule has 39 heavy (non-hydrogen) atoms. The van der Waals surface area contributed by atoms with E-state index in [1.807, 2.05) is 66.1 Å². The fourth-order valence-corrected chi connectivity index (χ4v) is 4.06. The monoisotopic (exact) mass is 609 g/mol. The molecule has 10 heteroatoms. The first-order valence-electron chi connectivity index (χ1n) is 12.1. The molecular weight excluding hydrogens is 578 g/mol. The quantitative estimate of drug-likeness (QED) is 0.337. The van der Waals surface area contributed by atoms with Gasteiger partial charge >= 0.3 is 26.2 Å². The number of nitrogens with zero attached hydrogens (tertiary/aromatic N) is 3. The molecule has 0 aliphatic carbocycles. The molecule has 0 saturated heterocycles. The molecule has 3 rings (SSSR count). The maximum atomic E-state index is 12.3. The third kappa shape index (κ3) is 10.5. The van der Waals surface area contributed by atoms with Crippen LogP contribution in [-0.4, -0.2) is 53.9 Å². The van der Waals surface area contributed by atoms with Crippen LogP contribution in [-0.2, 0) is 39.3 Å². The molecule has 1 aromatic heterocycles. The summed E-state index contributed by atoms with van der Waals surface area (Å²) in [7, 11) is 4.06. The summed E-state index contributed by atoms with van der Waals surface area (Å²) in [6.45, 7) is 10.7. The van der Waals surface area contributed by atoms with E-state index in [1.54, 1.807) is 0 Å². The van der Waals surface area contributed by atoms with Crippen LogP contribution in [0.3, 0.4) is 0 Å². The Morgan fingerprint density at radius 1 is 0.718 bits per heavy atom. The topological polar surface area (TPSA) is 146 Å². The minimum atomic E-state index is -1.52. The number of carboxylic acids is 2. The van der Waals surface area contributed by atoms with Crippen molar-refractivity contribution in [1.29, 1.82) is 0 Å². The van der Waals surface area contributed by atoms with Crippen molar-refractivity contribution in [3.8, 4) is 11.5 Å². The third-order valence-corrected chi connectivity index (χ3v) is 5.90. The summed E-state index contributed by atoms with van der Waals surface area (Å²) < 4.78 is 0. The molecule has 0 bridgehead atoms. The van der Waals surface area contributed by atoms with Gasteiger partial charge in [-0.05, 0) is 65.0 Å². The van der Waals surface area contributed by atoms with Gasteiger partial charge in [0.2, 0.25) is 0 Å². The molecule has 0 saturated carbocycles. The smallest absolute Gasteiger partial charge is 0.872 e. The Kier molecular flexibility index (Phi) is 13.5. The van der Waals surface area contributed by atoms with Gasteiger partial charge in [-0.25, -0.2) is 4.98 Å². The first-order valence-corrected chi connectivity index (χ1v) is 12.1. The normalized spacial score (nSPS) is 10.6. The van der Waals surface area contributed by atoms with E-state index in [0.717, 1.165) is 58.6 Å². The second kappa shape index (κ2) is 15.5. The van der Waals surface area contributed by atoms with Crippen LogP contribution >= 0.6 is 0 Å². The molecule has 2 aromatic carbocycles. The average molecular weight is 611 g/mol. The molecular formula is C29H33N3O6Zr. The van der Waals surface area contributed by atoms with Crippen LogP contribution in [0.15, 0.2) is 42.5 Å². The largest absolute Gasteiger partial charge is 4.00 e. The molecule has 0 spiro atoms. The van der Waals surface area contributed by atoms with E-state index in [4.69, 9.17) is 0 Å². The summed E-state index contributed by atoms with van der Waals surface area (Å²) in [5.41, 5.74) is 4.73. The molecule has 0 atom stereocenters. The summed E-state index contributed by atoms with van der Waals surface area (Å²) in [6, 6.07) is 11.4. The number of carbonyl (C=O) groups is 2. The third-order valence-electron chi connectivity index (χ3n) is 5.90. The van der Waals surface area contributed by atoms with Crippen molar-refractivity contribution in [2.75, 3.05) is 27.2 Å². The molecule has 0 amide bonds. The zero-order valence-electron chi connectivity index (χ0n) is 23.2. The van der Waals surface area contributed by atoms with Gasteiger partial charge in [0.25, 0.3) is 0 Å². The van der Waals surface area contributed by atoms with Gasteiger partial charge in [0, 0.05) is 26.2 Å². The predicted octanol–water partition coefficient (Wildman–Crippen LogP) is 0.437. The van der Waals surface area contributed by atoms with Gasteiger partial charge in [-0.2, -0.15) is 0 Å². The minimum absolute atomic E-state index is 0. The fourth-order valence-electron chi connectivity index (χ4n) is 4.06. The second-order valence-corrected chi connectivity index (χ2v) is 9.60. The molecule has 0 aliphatic heterocycles. The Hall–Kier alpha value is -3.07. The van der Waals surface area contributed by atoms with Gasteiger partial charge in [0.15, 0.2) is 0 Å². The van der Waals surface area contributed by atoms with E-state index in [1.165, 1.54) is 6.07 Å². The number of benzene rings is 2. The summed E-state index contributed by atoms with van der Waals surface area (Å²) in [5.74, 6) is -2.75. The van der Waals surface area contributed by atoms with Crippen LogP contribution in [0.25, 0.3) is 0 Å². The zero-order valence-corrected chi connectivity index (χ0v) is 25.6. The Balaban J connectivity index is 0.000000492. The Labute approximate surface area is 248 Å². The van der Waals surface area contributed by atoms with Crippen molar-refractivity contribution in [3.05, 3.63) is 87.2 Å². The van der Waals surface area contributed by atoms with E-state index in [2.05, 4.69) is 14.8 Å². The molecule has 1 heterocycles. The van der Waals surface area contributed by atoms with Gasteiger partial charge in [-0.15, -0.1) is 11.5 Å². The number of rotatable bonds is 9. The van der Waals surface area contributed by atoms with Gasteiger partial charge in [-0.1, -0.05) is 52.6 Å². The zero-order chi connectivity index (χ0) is 28.6. The number of aromatic nitrogens is 1. The standard InChI is InChI=1S/C22H32N2O2.C7H5NO4.Zr/c1-15-9-17(3)21(25)19(11-15)13-23(5)7-8-24(6)14-20-12-16(2)10-18(4)22(20)26;9-6(10)4-2-1-3-5(8-4)7(11)12;/h9-12,25-26H,7-8,13-14H2,1-6H3;1-3H,(H,9,10)(H,11,12);/q;;+4/p-4. The van der Waals surface area contributed by atoms with Crippen molar-refractivity contribution < 1.29 is 56.2 Å². The number of hydrogen-bond acceptors (Lipinski definition) is 9. The second-order valence-electron chi connectivity index (χ2n) is 9.60. The van der Waals surface area contributed by atoms with E-state index in [0.29, 0.717) is 13.1 Å². The summed E-state index contributed by atoms with van der Waals surface area (Å²) in [6.07, 6.45) is 0. The van der Waals surface area contributed by atoms with Gasteiger partial charge in [0.05, 0.1) is 23.3 Å². The van der Waals surface area contributed by atoms with E-state index in [9.17, 15) is 30.0 Å². The van der Waals surface area contributed by atoms with Crippen LogP contribution in [0.5, 0.6) is 11.5 Å². The average Bonchev–Trinajstić information content (AvgIpc) is 2.84. The number of carboxylic acid groups (broad SMARTS) is 2. The van der Waals surface area contributed by atoms with Crippen LogP contribution in [0.1, 0.15) is 54.4 Å². The van der Waals surface area contributed by atoms with E-state index < -0.39 is 23.3 Å². The van der Waals surface area contributed by atoms with Crippen molar-refractivity contribution in [1.82, 2.24) is 14.8 Å². The Morgan fingerprint density at radius 2 is 1.08 bits per heavy atom. The van der Waals surface area contributed by atoms with E-state index >= 15 is 0 Å². The van der Waals surface area contributed by atoms with Crippen LogP contribution < -0.4 is 20.4 Å². The summed E-state index contributed by atoms with van der Waals surface area (Å²) in [5, 5.41) is 44.9. The Morgan fingerprint density at radius 3 is 1.41 bits per heavy atom. The van der Waals surface area contributed by atoms with Crippen molar-refractivity contribution >= 4 is 11.9 Å². The Bertz CT molecular complexity index is 1200. The summed E-state index contributed by atoms with van der Waals surface area (Å²) >= 11 is 0. The summed E-state index contributed by atoms with van der Waals surface area (Å²) in [4.78, 5) is 27.9. The number of aromatic carboxylic acids is 2. The van der Waals surface area contributed by atoms with Crippen molar-refractivity contribution in [3.63, 3.8) is 0 Å². The molecule has 0 fully saturated rings. The first-order chi connectivity index (χ1) is 17.8. The maximum absolute atomic E-state index is 12.3. The van der Waals surface area contributed by atoms with Crippen LogP contribution in [0, 0.1) is 27.7 Å². The first kappa shape index (κ1) is 34.0. The SMILES string of the molecule is Cc1cc(C)c([O-])c(CN(C)CCN(C)Cc2cc(C)cc(C)c2[O-])c1.O=C([O-])c1cccc(C(=O)[O-])n1.[Zr+4]. The predicted molar refractivity (Wildman–Crippen MR) is 136 cm³/mol. The molecule has 0 unspecified atom stereocenters. The van der Waals surface area contributed by atoms with Crippen molar-refractivity contribution in [2.45, 2.75) is 40.8 Å². The number of carbonyl (C=O) groups excluding carboxylic acids is 2. The van der Waals surface area contributed by atoms with Crippen LogP contribution in [0.4, 0.5) is 0 Å². The molecule has 9 nitrogen and oxygen atoms in total. The van der Waals surface area contributed by atoms with Gasteiger partial charge in [0.1, 0.15) is 0 Å². The molecule has 0 aliphatic rings. The fraction of sp³-hybridized carbons (Fsp3) is 0.345. The molecule has 3 aromatic rings. The maximum Gasteiger partial charge on any atom is 4.00 e. The van der Waals surface area contributed by atoms with Crippen LogP contribution in [0.2, 0.25) is 0 Å². The molecule has 0 radical (unpaired) electrons. The number of likely N-dealkylation sites (N-methyl/N-ethyl adjacent to an activating group) is 2. The minimum Gasteiger partial charge on any atom is -0.872 e. The van der Waals surface area contributed by atoms with Crippen molar-refractivity contribution in [2.24, 2.45) is 0 Å². The van der Waals surface area contributed by atoms with Gasteiger partial charge < -0.3 is 39.8 Å². The number of aryl methyl sites for hydroxylation is 4. The molecule has 204 valence electrons. The van der Waals surface area contributed by atoms with E-state index in [-0.39, 0.29) is 37.7 Å².